The van der Waals surface area contributed by atoms with Gasteiger partial charge in [-0.2, -0.15) is 8.42 Å². The van der Waals surface area contributed by atoms with Crippen LogP contribution in [-0.4, -0.2) is 22.1 Å². The Hall–Kier alpha value is -1.99. The third-order valence-corrected chi connectivity index (χ3v) is 4.07. The Morgan fingerprint density at radius 3 is 2.14 bits per heavy atom. The van der Waals surface area contributed by atoms with Gasteiger partial charge < -0.3 is 8.92 Å². The highest BCUT2D eigenvalue weighted by atomic mass is 32.2. The van der Waals surface area contributed by atoms with Crippen molar-refractivity contribution in [1.29, 1.82) is 0 Å². The van der Waals surface area contributed by atoms with Crippen LogP contribution in [0.1, 0.15) is 5.56 Å². The summed E-state index contributed by atoms with van der Waals surface area (Å²) in [4.78, 5) is -0.576. The molecule has 0 aliphatic carbocycles. The summed E-state index contributed by atoms with van der Waals surface area (Å²) in [5.74, 6) is -1.92. The molecule has 7 heteroatoms. The minimum atomic E-state index is -4.29. The van der Waals surface area contributed by atoms with Crippen molar-refractivity contribution in [3.05, 3.63) is 59.7 Å². The van der Waals surface area contributed by atoms with E-state index in [1.54, 1.807) is 19.2 Å². The van der Waals surface area contributed by atoms with Crippen LogP contribution in [0, 0.1) is 11.6 Å². The van der Waals surface area contributed by atoms with Crippen molar-refractivity contribution in [3.63, 3.8) is 0 Å². The standard InChI is InChI=1S/C15H14F2O4S/c1-20-7-6-11-2-4-14(5-3-11)21-22(18,19)15-9-12(16)8-13(17)10-15/h2-5,8-10H,6-7H2,1H3. The molecule has 0 atom stereocenters. The first kappa shape index (κ1) is 16.4. The molecule has 2 rings (SSSR count). The van der Waals surface area contributed by atoms with Crippen molar-refractivity contribution in [2.45, 2.75) is 11.3 Å². The molecule has 0 N–H and O–H groups in total. The van der Waals surface area contributed by atoms with Gasteiger partial charge in [-0.1, -0.05) is 12.1 Å². The quantitative estimate of drug-likeness (QED) is 0.765. The predicted octanol–water partition coefficient (Wildman–Crippen LogP) is 2.92. The molecular weight excluding hydrogens is 314 g/mol. The fourth-order valence-corrected chi connectivity index (χ4v) is 2.75. The normalized spacial score (nSPS) is 11.4. The number of methoxy groups -OCH3 is 1. The van der Waals surface area contributed by atoms with E-state index in [9.17, 15) is 17.2 Å². The first-order valence-corrected chi connectivity index (χ1v) is 7.80. The molecule has 4 nitrogen and oxygen atoms in total. The zero-order valence-electron chi connectivity index (χ0n) is 11.8. The molecule has 0 bridgehead atoms. The van der Waals surface area contributed by atoms with Crippen LogP contribution in [0.5, 0.6) is 5.75 Å². The Morgan fingerprint density at radius 1 is 1.00 bits per heavy atom. The third kappa shape index (κ3) is 4.25. The zero-order valence-corrected chi connectivity index (χ0v) is 12.6. The highest BCUT2D eigenvalue weighted by Gasteiger charge is 2.19. The van der Waals surface area contributed by atoms with E-state index in [1.807, 2.05) is 0 Å². The topological polar surface area (TPSA) is 52.6 Å². The molecular formula is C15H14F2O4S. The lowest BCUT2D eigenvalue weighted by molar-refractivity contribution is 0.202. The zero-order chi connectivity index (χ0) is 16.2. The molecule has 0 heterocycles. The Kier molecular flexibility index (Phi) is 5.10. The number of halogens is 2. The van der Waals surface area contributed by atoms with Crippen LogP contribution in [0.25, 0.3) is 0 Å². The maximum Gasteiger partial charge on any atom is 0.339 e. The van der Waals surface area contributed by atoms with Crippen LogP contribution in [0.4, 0.5) is 8.78 Å². The summed E-state index contributed by atoms with van der Waals surface area (Å²) in [6.45, 7) is 0.543. The van der Waals surface area contributed by atoms with Crippen LogP contribution < -0.4 is 4.18 Å². The van der Waals surface area contributed by atoms with E-state index in [0.717, 1.165) is 5.56 Å². The van der Waals surface area contributed by atoms with Gasteiger partial charge in [-0.15, -0.1) is 0 Å². The number of hydrogen-bond donors (Lipinski definition) is 0. The lowest BCUT2D eigenvalue weighted by Crippen LogP contribution is -2.10. The van der Waals surface area contributed by atoms with E-state index in [-0.39, 0.29) is 5.75 Å². The van der Waals surface area contributed by atoms with E-state index in [2.05, 4.69) is 0 Å². The lowest BCUT2D eigenvalue weighted by Gasteiger charge is -2.08. The molecule has 0 saturated heterocycles. The summed E-state index contributed by atoms with van der Waals surface area (Å²) in [5, 5.41) is 0. The van der Waals surface area contributed by atoms with E-state index in [1.165, 1.54) is 12.1 Å². The largest absolute Gasteiger partial charge is 0.384 e. The maximum absolute atomic E-state index is 13.1. The van der Waals surface area contributed by atoms with Gasteiger partial charge in [-0.05, 0) is 36.2 Å². The van der Waals surface area contributed by atoms with Gasteiger partial charge >= 0.3 is 10.1 Å². The van der Waals surface area contributed by atoms with Crippen molar-refractivity contribution in [2.24, 2.45) is 0 Å². The van der Waals surface area contributed by atoms with Crippen LogP contribution >= 0.6 is 0 Å². The minimum Gasteiger partial charge on any atom is -0.384 e. The molecule has 2 aromatic carbocycles. The van der Waals surface area contributed by atoms with Gasteiger partial charge in [-0.25, -0.2) is 8.78 Å². The van der Waals surface area contributed by atoms with Gasteiger partial charge in [0.1, 0.15) is 22.3 Å². The first-order chi connectivity index (χ1) is 10.4. The second kappa shape index (κ2) is 6.85. The predicted molar refractivity (Wildman–Crippen MR) is 76.2 cm³/mol. The van der Waals surface area contributed by atoms with Crippen molar-refractivity contribution < 1.29 is 26.1 Å². The van der Waals surface area contributed by atoms with Gasteiger partial charge in [0.2, 0.25) is 0 Å². The highest BCUT2D eigenvalue weighted by molar-refractivity contribution is 7.87. The third-order valence-electron chi connectivity index (χ3n) is 2.85. The number of rotatable bonds is 6. The fourth-order valence-electron chi connectivity index (χ4n) is 1.78. The summed E-state index contributed by atoms with van der Waals surface area (Å²) in [5.41, 5.74) is 0.948. The second-order valence-corrected chi connectivity index (χ2v) is 6.08. The molecule has 0 spiro atoms. The van der Waals surface area contributed by atoms with Gasteiger partial charge in [0.25, 0.3) is 0 Å². The van der Waals surface area contributed by atoms with Crippen molar-refractivity contribution in [1.82, 2.24) is 0 Å². The van der Waals surface area contributed by atoms with E-state index >= 15 is 0 Å². The molecule has 22 heavy (non-hydrogen) atoms. The van der Waals surface area contributed by atoms with Crippen molar-refractivity contribution >= 4 is 10.1 Å². The fraction of sp³-hybridized carbons (Fsp3) is 0.200. The molecule has 0 radical (unpaired) electrons. The number of hydrogen-bond acceptors (Lipinski definition) is 4. The smallest absolute Gasteiger partial charge is 0.339 e. The van der Waals surface area contributed by atoms with Crippen molar-refractivity contribution in [2.75, 3.05) is 13.7 Å². The Morgan fingerprint density at radius 2 is 1.59 bits per heavy atom. The molecule has 0 aliphatic rings. The summed E-state index contributed by atoms with van der Waals surface area (Å²) < 4.78 is 60.0. The highest BCUT2D eigenvalue weighted by Crippen LogP contribution is 2.21. The second-order valence-electron chi connectivity index (χ2n) is 4.53. The van der Waals surface area contributed by atoms with E-state index in [4.69, 9.17) is 8.92 Å². The number of ether oxygens (including phenoxy) is 1. The number of benzene rings is 2. The van der Waals surface area contributed by atoms with Crippen LogP contribution in [0.3, 0.4) is 0 Å². The van der Waals surface area contributed by atoms with E-state index < -0.39 is 26.6 Å². The molecule has 0 saturated carbocycles. The maximum atomic E-state index is 13.1. The molecule has 0 unspecified atom stereocenters. The minimum absolute atomic E-state index is 0.0610. The molecule has 2 aromatic rings. The van der Waals surface area contributed by atoms with Crippen LogP contribution in [-0.2, 0) is 21.3 Å². The SMILES string of the molecule is COCCc1ccc(OS(=O)(=O)c2cc(F)cc(F)c2)cc1. The summed E-state index contributed by atoms with van der Waals surface area (Å²) >= 11 is 0. The Labute approximate surface area is 127 Å². The van der Waals surface area contributed by atoms with Gasteiger partial charge in [0, 0.05) is 13.2 Å². The first-order valence-electron chi connectivity index (χ1n) is 6.39. The van der Waals surface area contributed by atoms with Gasteiger partial charge in [0.05, 0.1) is 6.61 Å². The molecule has 0 fully saturated rings. The van der Waals surface area contributed by atoms with E-state index in [0.29, 0.717) is 31.2 Å². The average molecular weight is 328 g/mol. The van der Waals surface area contributed by atoms with Crippen molar-refractivity contribution in [3.8, 4) is 5.75 Å². The summed E-state index contributed by atoms with van der Waals surface area (Å²) in [7, 11) is -2.71. The van der Waals surface area contributed by atoms with Gasteiger partial charge in [-0.3, -0.25) is 0 Å². The molecule has 0 aromatic heterocycles. The van der Waals surface area contributed by atoms with Crippen LogP contribution in [0.2, 0.25) is 0 Å². The summed E-state index contributed by atoms with van der Waals surface area (Å²) in [6, 6.07) is 8.31. The average Bonchev–Trinajstić information content (AvgIpc) is 2.45. The molecule has 0 aliphatic heterocycles. The summed E-state index contributed by atoms with van der Waals surface area (Å²) in [6.07, 6.45) is 0.679. The lowest BCUT2D eigenvalue weighted by atomic mass is 10.1. The van der Waals surface area contributed by atoms with Gasteiger partial charge in [0.15, 0.2) is 0 Å². The van der Waals surface area contributed by atoms with Crippen LogP contribution in [0.15, 0.2) is 47.4 Å². The molecule has 118 valence electrons. The molecule has 0 amide bonds. The Balaban J connectivity index is 2.17. The Bertz CT molecular complexity index is 722. The monoisotopic (exact) mass is 328 g/mol.